The van der Waals surface area contributed by atoms with Gasteiger partial charge < -0.3 is 10.0 Å². The molecule has 0 saturated carbocycles. The van der Waals surface area contributed by atoms with Crippen LogP contribution in [-0.2, 0) is 4.79 Å². The minimum atomic E-state index is 0.135. The van der Waals surface area contributed by atoms with Crippen LogP contribution in [0.3, 0.4) is 0 Å². The van der Waals surface area contributed by atoms with Gasteiger partial charge in [-0.25, -0.2) is 0 Å². The number of likely N-dealkylation sites (tertiary alicyclic amines) is 1. The van der Waals surface area contributed by atoms with Gasteiger partial charge in [0.2, 0.25) is 5.91 Å². The number of carbonyl (C=O) groups is 1. The highest BCUT2D eigenvalue weighted by molar-refractivity contribution is 5.78. The highest BCUT2D eigenvalue weighted by atomic mass is 16.3. The van der Waals surface area contributed by atoms with Gasteiger partial charge in [-0.2, -0.15) is 0 Å². The van der Waals surface area contributed by atoms with E-state index in [2.05, 4.69) is 11.5 Å². The van der Waals surface area contributed by atoms with Crippen LogP contribution in [0.1, 0.15) is 26.7 Å². The molecule has 17 heavy (non-hydrogen) atoms. The fourth-order valence-electron chi connectivity index (χ4n) is 2.29. The van der Waals surface area contributed by atoms with E-state index in [4.69, 9.17) is 0 Å². The van der Waals surface area contributed by atoms with Gasteiger partial charge in [-0.1, -0.05) is 12.2 Å². The molecule has 1 N–H and O–H groups in total. The lowest BCUT2D eigenvalue weighted by molar-refractivity contribution is -0.132. The second kappa shape index (κ2) is 6.77. The Labute approximate surface area is 104 Å². The van der Waals surface area contributed by atoms with Crippen molar-refractivity contribution >= 4 is 5.91 Å². The Morgan fingerprint density at radius 3 is 2.82 bits per heavy atom. The number of aliphatic hydroxyl groups excluding tert-OH is 1. The van der Waals surface area contributed by atoms with Crippen LogP contribution in [0.5, 0.6) is 0 Å². The average molecular weight is 240 g/mol. The number of amides is 1. The van der Waals surface area contributed by atoms with E-state index in [9.17, 15) is 9.90 Å². The molecule has 1 aliphatic heterocycles. The molecule has 0 bridgehead atoms. The summed E-state index contributed by atoms with van der Waals surface area (Å²) in [5, 5.41) is 9.21. The zero-order valence-electron chi connectivity index (χ0n) is 11.0. The minimum Gasteiger partial charge on any atom is -0.395 e. The van der Waals surface area contributed by atoms with Crippen molar-refractivity contribution in [1.29, 1.82) is 0 Å². The molecule has 1 fully saturated rings. The van der Waals surface area contributed by atoms with E-state index >= 15 is 0 Å². The lowest BCUT2D eigenvalue weighted by atomic mass is 10.2. The quantitative estimate of drug-likeness (QED) is 0.701. The Hall–Kier alpha value is -0.870. The van der Waals surface area contributed by atoms with E-state index in [1.54, 1.807) is 0 Å². The number of aliphatic hydroxyl groups is 1. The van der Waals surface area contributed by atoms with Gasteiger partial charge in [0, 0.05) is 19.1 Å². The third-order valence-corrected chi connectivity index (χ3v) is 3.24. The largest absolute Gasteiger partial charge is 0.395 e. The molecule has 1 atom stereocenters. The summed E-state index contributed by atoms with van der Waals surface area (Å²) in [6.45, 7) is 10.6. The van der Waals surface area contributed by atoms with Gasteiger partial charge in [0.15, 0.2) is 0 Å². The molecular formula is C13H24N2O2. The van der Waals surface area contributed by atoms with Crippen LogP contribution >= 0.6 is 0 Å². The first kappa shape index (κ1) is 14.2. The van der Waals surface area contributed by atoms with Crippen LogP contribution in [0.25, 0.3) is 0 Å². The summed E-state index contributed by atoms with van der Waals surface area (Å²) in [5.41, 5.74) is 1.00. The number of hydrogen-bond acceptors (Lipinski definition) is 3. The first-order valence-corrected chi connectivity index (χ1v) is 6.35. The molecule has 98 valence electrons. The molecular weight excluding hydrogens is 216 g/mol. The van der Waals surface area contributed by atoms with Gasteiger partial charge >= 0.3 is 0 Å². The van der Waals surface area contributed by atoms with Crippen molar-refractivity contribution < 1.29 is 9.90 Å². The fourth-order valence-corrected chi connectivity index (χ4v) is 2.29. The van der Waals surface area contributed by atoms with Gasteiger partial charge in [-0.05, 0) is 33.2 Å². The van der Waals surface area contributed by atoms with Gasteiger partial charge in [0.25, 0.3) is 0 Å². The highest BCUT2D eigenvalue weighted by Crippen LogP contribution is 2.16. The zero-order chi connectivity index (χ0) is 12.8. The van der Waals surface area contributed by atoms with E-state index in [1.165, 1.54) is 0 Å². The van der Waals surface area contributed by atoms with E-state index < -0.39 is 0 Å². The lowest BCUT2D eigenvalue weighted by Gasteiger charge is -2.27. The van der Waals surface area contributed by atoms with Crippen molar-refractivity contribution in [1.82, 2.24) is 9.80 Å². The first-order valence-electron chi connectivity index (χ1n) is 6.35. The van der Waals surface area contributed by atoms with Gasteiger partial charge in [0.1, 0.15) is 0 Å². The van der Waals surface area contributed by atoms with Crippen molar-refractivity contribution in [3.8, 4) is 0 Å². The lowest BCUT2D eigenvalue weighted by Crippen LogP contribution is -2.43. The van der Waals surface area contributed by atoms with Crippen LogP contribution in [0.15, 0.2) is 12.2 Å². The molecule has 0 aromatic heterocycles. The third kappa shape index (κ3) is 4.13. The molecule has 1 saturated heterocycles. The summed E-state index contributed by atoms with van der Waals surface area (Å²) < 4.78 is 0. The predicted octanol–water partition coefficient (Wildman–Crippen LogP) is 0.868. The van der Waals surface area contributed by atoms with Crippen molar-refractivity contribution in [3.05, 3.63) is 12.2 Å². The van der Waals surface area contributed by atoms with Crippen LogP contribution in [0, 0.1) is 0 Å². The molecule has 0 unspecified atom stereocenters. The normalized spacial score (nSPS) is 20.5. The van der Waals surface area contributed by atoms with Crippen molar-refractivity contribution in [2.24, 2.45) is 0 Å². The molecule has 0 aromatic carbocycles. The monoisotopic (exact) mass is 240 g/mol. The van der Waals surface area contributed by atoms with Crippen LogP contribution in [-0.4, -0.2) is 59.6 Å². The third-order valence-electron chi connectivity index (χ3n) is 3.24. The Balaban J connectivity index is 2.48. The fraction of sp³-hybridized carbons (Fsp3) is 0.769. The minimum absolute atomic E-state index is 0.135. The Kier molecular flexibility index (Phi) is 5.65. The molecule has 0 spiro atoms. The summed E-state index contributed by atoms with van der Waals surface area (Å²) in [6.07, 6.45) is 2.07. The molecule has 4 heteroatoms. The molecule has 1 amide bonds. The van der Waals surface area contributed by atoms with E-state index in [0.717, 1.165) is 25.0 Å². The molecule has 1 aliphatic rings. The number of nitrogens with zero attached hydrogens (tertiary/aromatic N) is 2. The van der Waals surface area contributed by atoms with E-state index in [-0.39, 0.29) is 18.6 Å². The zero-order valence-corrected chi connectivity index (χ0v) is 11.0. The number of likely N-dealkylation sites (N-methyl/N-ethyl adjacent to an activating group) is 1. The maximum atomic E-state index is 12.1. The highest BCUT2D eigenvalue weighted by Gasteiger charge is 2.26. The molecule has 1 rings (SSSR count). The van der Waals surface area contributed by atoms with E-state index in [1.807, 2.05) is 18.7 Å². The molecule has 0 aromatic rings. The van der Waals surface area contributed by atoms with Crippen LogP contribution in [0.2, 0.25) is 0 Å². The topological polar surface area (TPSA) is 43.8 Å². The van der Waals surface area contributed by atoms with Gasteiger partial charge in [-0.3, -0.25) is 9.69 Å². The van der Waals surface area contributed by atoms with Crippen molar-refractivity contribution in [2.75, 3.05) is 32.8 Å². The standard InChI is InChI=1S/C13H24N2O2/c1-4-14(8-11(2)3)13(17)9-15-7-5-6-12(15)10-16/h12,16H,2,4-10H2,1,3H3/t12-/m1/s1. The summed E-state index contributed by atoms with van der Waals surface area (Å²) in [5.74, 6) is 0.135. The number of hydrogen-bond donors (Lipinski definition) is 1. The van der Waals surface area contributed by atoms with Gasteiger partial charge in [-0.15, -0.1) is 0 Å². The Morgan fingerprint density at radius 1 is 1.59 bits per heavy atom. The Bertz CT molecular complexity index is 279. The summed E-state index contributed by atoms with van der Waals surface area (Å²) in [7, 11) is 0. The predicted molar refractivity (Wildman–Crippen MR) is 68.7 cm³/mol. The molecule has 0 aliphatic carbocycles. The van der Waals surface area contributed by atoms with Crippen molar-refractivity contribution in [2.45, 2.75) is 32.7 Å². The smallest absolute Gasteiger partial charge is 0.237 e. The SMILES string of the molecule is C=C(C)CN(CC)C(=O)CN1CCC[C@@H]1CO. The second-order valence-corrected chi connectivity index (χ2v) is 4.81. The molecule has 4 nitrogen and oxygen atoms in total. The Morgan fingerprint density at radius 2 is 2.29 bits per heavy atom. The number of carbonyl (C=O) groups excluding carboxylic acids is 1. The second-order valence-electron chi connectivity index (χ2n) is 4.81. The average Bonchev–Trinajstić information content (AvgIpc) is 2.72. The molecule has 1 heterocycles. The summed E-state index contributed by atoms with van der Waals surface area (Å²) in [4.78, 5) is 16.0. The summed E-state index contributed by atoms with van der Waals surface area (Å²) in [6, 6.07) is 0.169. The number of rotatable bonds is 6. The van der Waals surface area contributed by atoms with Crippen molar-refractivity contribution in [3.63, 3.8) is 0 Å². The van der Waals surface area contributed by atoms with Crippen LogP contribution < -0.4 is 0 Å². The van der Waals surface area contributed by atoms with E-state index in [0.29, 0.717) is 19.6 Å². The first-order chi connectivity index (χ1) is 8.08. The maximum absolute atomic E-state index is 12.1. The maximum Gasteiger partial charge on any atom is 0.237 e. The van der Waals surface area contributed by atoms with Gasteiger partial charge in [0.05, 0.1) is 13.2 Å². The summed E-state index contributed by atoms with van der Waals surface area (Å²) >= 11 is 0. The molecule has 0 radical (unpaired) electrons. The van der Waals surface area contributed by atoms with Crippen LogP contribution in [0.4, 0.5) is 0 Å².